The van der Waals surface area contributed by atoms with Gasteiger partial charge in [-0.25, -0.2) is 10.2 Å². The number of hydrogen-bond donors (Lipinski definition) is 3. The van der Waals surface area contributed by atoms with Gasteiger partial charge in [0.2, 0.25) is 11.8 Å². The number of para-hydroxylation sites is 2. The Morgan fingerprint density at radius 2 is 1.84 bits per heavy atom. The zero-order chi connectivity index (χ0) is 23.6. The summed E-state index contributed by atoms with van der Waals surface area (Å²) in [6, 6.07) is 6.38. The monoisotopic (exact) mass is 446 g/mol. The van der Waals surface area contributed by atoms with E-state index in [1.165, 1.54) is 6.07 Å². The Morgan fingerprint density at radius 1 is 1.16 bits per heavy atom. The highest BCUT2D eigenvalue weighted by atomic mass is 16.6. The second-order valence-corrected chi connectivity index (χ2v) is 8.82. The predicted octanol–water partition coefficient (Wildman–Crippen LogP) is 3.78. The third-order valence-electron chi connectivity index (χ3n) is 4.85. The summed E-state index contributed by atoms with van der Waals surface area (Å²) in [5, 5.41) is 16.3. The van der Waals surface area contributed by atoms with Crippen molar-refractivity contribution in [3.63, 3.8) is 0 Å². The molecule has 0 radical (unpaired) electrons. The van der Waals surface area contributed by atoms with Crippen molar-refractivity contribution in [2.45, 2.75) is 77.4 Å². The van der Waals surface area contributed by atoms with Crippen LogP contribution in [0.2, 0.25) is 0 Å². The van der Waals surface area contributed by atoms with Crippen LogP contribution in [0.4, 0.5) is 10.5 Å². The van der Waals surface area contributed by atoms with Gasteiger partial charge in [-0.05, 0) is 58.6 Å². The minimum absolute atomic E-state index is 0.0323. The van der Waals surface area contributed by atoms with Gasteiger partial charge in [0.25, 0.3) is 0 Å². The fraction of sp³-hybridized carbons (Fsp3) is 0.565. The van der Waals surface area contributed by atoms with Crippen molar-refractivity contribution in [2.75, 3.05) is 11.9 Å². The van der Waals surface area contributed by atoms with Crippen LogP contribution in [0.25, 0.3) is 0 Å². The molecular weight excluding hydrogens is 412 g/mol. The fourth-order valence-corrected chi connectivity index (χ4v) is 3.29. The van der Waals surface area contributed by atoms with E-state index >= 15 is 0 Å². The van der Waals surface area contributed by atoms with Crippen molar-refractivity contribution in [3.05, 3.63) is 24.3 Å². The lowest BCUT2D eigenvalue weighted by Gasteiger charge is -2.26. The molecule has 0 spiro atoms. The van der Waals surface area contributed by atoms with Crippen LogP contribution in [0.1, 0.15) is 65.7 Å². The number of aromatic hydroxyl groups is 1. The number of carbonyl (C=O) groups is 3. The summed E-state index contributed by atoms with van der Waals surface area (Å²) in [6.07, 6.45) is 5.47. The molecule has 0 aromatic heterocycles. The van der Waals surface area contributed by atoms with E-state index in [2.05, 4.69) is 15.8 Å². The first-order valence-electron chi connectivity index (χ1n) is 11.1. The smallest absolute Gasteiger partial charge is 0.410 e. The number of amides is 3. The van der Waals surface area contributed by atoms with Gasteiger partial charge < -0.3 is 20.1 Å². The maximum absolute atomic E-state index is 12.3. The van der Waals surface area contributed by atoms with Crippen LogP contribution in [0.5, 0.6) is 5.75 Å². The summed E-state index contributed by atoms with van der Waals surface area (Å²) in [5.74, 6) is -0.349. The van der Waals surface area contributed by atoms with Crippen LogP contribution in [-0.4, -0.2) is 52.3 Å². The molecule has 176 valence electrons. The molecule has 9 heteroatoms. The average Bonchev–Trinajstić information content (AvgIpc) is 3.17. The van der Waals surface area contributed by atoms with Crippen LogP contribution in [0.3, 0.4) is 0 Å². The second kappa shape index (κ2) is 12.1. The number of nitrogens with zero attached hydrogens (tertiary/aromatic N) is 2. The maximum atomic E-state index is 12.3. The van der Waals surface area contributed by atoms with Gasteiger partial charge in [-0.15, -0.1) is 0 Å². The van der Waals surface area contributed by atoms with E-state index in [0.717, 1.165) is 19.3 Å². The molecule has 1 atom stereocenters. The molecule has 2 rings (SSSR count). The fourth-order valence-electron chi connectivity index (χ4n) is 3.29. The standard InChI is InChI=1S/C23H34N4O5/c1-23(2,3)32-22(31)27-15-9-10-17(27)16-24-26-21(30)14-6-4-5-13-20(29)25-18-11-7-8-12-19(18)28/h7-8,11-12,16-17,28H,4-6,9-10,13-15H2,1-3H3,(H,25,29)(H,26,30)/b24-16+/t17-/m0/s1. The lowest BCUT2D eigenvalue weighted by molar-refractivity contribution is -0.121. The van der Waals surface area contributed by atoms with E-state index in [0.29, 0.717) is 37.9 Å². The van der Waals surface area contributed by atoms with Gasteiger partial charge in [-0.1, -0.05) is 18.6 Å². The molecule has 0 bridgehead atoms. The molecule has 3 N–H and O–H groups in total. The van der Waals surface area contributed by atoms with E-state index in [9.17, 15) is 19.5 Å². The number of phenolic OH excluding ortho intramolecular Hbond substituents is 1. The van der Waals surface area contributed by atoms with Crippen LogP contribution in [0.15, 0.2) is 29.4 Å². The molecule has 1 fully saturated rings. The highest BCUT2D eigenvalue weighted by Gasteiger charge is 2.31. The Labute approximate surface area is 189 Å². The Bertz CT molecular complexity index is 819. The lowest BCUT2D eigenvalue weighted by Crippen LogP contribution is -2.40. The molecule has 1 saturated heterocycles. The first-order chi connectivity index (χ1) is 15.2. The molecule has 1 aliphatic rings. The lowest BCUT2D eigenvalue weighted by atomic mass is 10.1. The molecular formula is C23H34N4O5. The van der Waals surface area contributed by atoms with E-state index in [1.807, 2.05) is 20.8 Å². The highest BCUT2D eigenvalue weighted by Crippen LogP contribution is 2.22. The Kier molecular flexibility index (Phi) is 9.49. The third kappa shape index (κ3) is 8.95. The molecule has 9 nitrogen and oxygen atoms in total. The van der Waals surface area contributed by atoms with E-state index in [4.69, 9.17) is 4.74 Å². The van der Waals surface area contributed by atoms with Crippen LogP contribution in [0, 0.1) is 0 Å². The van der Waals surface area contributed by atoms with Gasteiger partial charge in [0.1, 0.15) is 11.4 Å². The number of carbonyl (C=O) groups excluding carboxylic acids is 3. The van der Waals surface area contributed by atoms with Gasteiger partial charge in [0.05, 0.1) is 11.7 Å². The summed E-state index contributed by atoms with van der Waals surface area (Å²) in [5.41, 5.74) is 2.34. The quantitative estimate of drug-likeness (QED) is 0.231. The van der Waals surface area contributed by atoms with Crippen molar-refractivity contribution >= 4 is 29.8 Å². The molecule has 32 heavy (non-hydrogen) atoms. The van der Waals surface area contributed by atoms with Gasteiger partial charge in [-0.2, -0.15) is 5.10 Å². The van der Waals surface area contributed by atoms with Crippen molar-refractivity contribution < 1.29 is 24.2 Å². The molecule has 0 saturated carbocycles. The summed E-state index contributed by atoms with van der Waals surface area (Å²) < 4.78 is 5.41. The topological polar surface area (TPSA) is 120 Å². The number of hydrogen-bond acceptors (Lipinski definition) is 6. The van der Waals surface area contributed by atoms with Crippen molar-refractivity contribution in [2.24, 2.45) is 5.10 Å². The van der Waals surface area contributed by atoms with Gasteiger partial charge in [-0.3, -0.25) is 9.59 Å². The molecule has 1 aliphatic heterocycles. The highest BCUT2D eigenvalue weighted by molar-refractivity contribution is 5.92. The zero-order valence-electron chi connectivity index (χ0n) is 19.1. The molecule has 1 aromatic rings. The third-order valence-corrected chi connectivity index (χ3v) is 4.85. The maximum Gasteiger partial charge on any atom is 0.410 e. The zero-order valence-corrected chi connectivity index (χ0v) is 19.1. The minimum Gasteiger partial charge on any atom is -0.506 e. The molecule has 1 aromatic carbocycles. The van der Waals surface area contributed by atoms with E-state index < -0.39 is 5.60 Å². The van der Waals surface area contributed by atoms with E-state index in [1.54, 1.807) is 29.3 Å². The molecule has 0 unspecified atom stereocenters. The summed E-state index contributed by atoms with van der Waals surface area (Å²) >= 11 is 0. The van der Waals surface area contributed by atoms with Crippen molar-refractivity contribution in [1.29, 1.82) is 0 Å². The van der Waals surface area contributed by atoms with Crippen molar-refractivity contribution in [1.82, 2.24) is 10.3 Å². The second-order valence-electron chi connectivity index (χ2n) is 8.82. The molecule has 1 heterocycles. The molecule has 0 aliphatic carbocycles. The summed E-state index contributed by atoms with van der Waals surface area (Å²) in [7, 11) is 0. The number of anilines is 1. The van der Waals surface area contributed by atoms with Crippen LogP contribution in [-0.2, 0) is 14.3 Å². The average molecular weight is 447 g/mol. The van der Waals surface area contributed by atoms with E-state index in [-0.39, 0.29) is 29.7 Å². The number of nitrogens with one attached hydrogen (secondary N) is 2. The number of rotatable bonds is 9. The Hall–Kier alpha value is -3.10. The largest absolute Gasteiger partial charge is 0.506 e. The predicted molar refractivity (Wildman–Crippen MR) is 122 cm³/mol. The normalized spacial score (nSPS) is 16.2. The summed E-state index contributed by atoms with van der Waals surface area (Å²) in [4.78, 5) is 37.8. The molecule has 3 amide bonds. The number of benzene rings is 1. The Morgan fingerprint density at radius 3 is 2.53 bits per heavy atom. The van der Waals surface area contributed by atoms with Gasteiger partial charge in [0, 0.05) is 25.6 Å². The number of ether oxygens (including phenoxy) is 1. The first-order valence-corrected chi connectivity index (χ1v) is 11.1. The number of phenols is 1. The first kappa shape index (κ1) is 25.2. The van der Waals surface area contributed by atoms with Crippen molar-refractivity contribution in [3.8, 4) is 5.75 Å². The van der Waals surface area contributed by atoms with Gasteiger partial charge >= 0.3 is 6.09 Å². The van der Waals surface area contributed by atoms with Crippen LogP contribution < -0.4 is 10.7 Å². The van der Waals surface area contributed by atoms with Crippen LogP contribution >= 0.6 is 0 Å². The summed E-state index contributed by atoms with van der Waals surface area (Å²) in [6.45, 7) is 6.08. The number of likely N-dealkylation sites (tertiary alicyclic amines) is 1. The van der Waals surface area contributed by atoms with Gasteiger partial charge in [0.15, 0.2) is 0 Å². The minimum atomic E-state index is -0.556. The number of unbranched alkanes of at least 4 members (excludes halogenated alkanes) is 2. The SMILES string of the molecule is CC(C)(C)OC(=O)N1CCC[C@H]1/C=N/NC(=O)CCCCCC(=O)Nc1ccccc1O. The number of hydrazone groups is 1. The Balaban J connectivity index is 1.61.